The van der Waals surface area contributed by atoms with E-state index in [0.717, 1.165) is 11.6 Å². The van der Waals surface area contributed by atoms with Crippen molar-refractivity contribution in [3.8, 4) is 0 Å². The number of amides is 4. The van der Waals surface area contributed by atoms with Gasteiger partial charge >= 0.3 is 23.9 Å². The van der Waals surface area contributed by atoms with Gasteiger partial charge in [-0.1, -0.05) is 91.0 Å². The molecule has 0 bridgehead atoms. The number of fused-ring (bicyclic) bond motifs is 2. The van der Waals surface area contributed by atoms with Crippen LogP contribution in [0.4, 0.5) is 0 Å². The second-order valence-corrected chi connectivity index (χ2v) is 25.0. The lowest BCUT2D eigenvalue weighted by Gasteiger charge is -2.30. The van der Waals surface area contributed by atoms with Crippen molar-refractivity contribution in [2.24, 2.45) is 0 Å². The predicted molar refractivity (Wildman–Crippen MR) is 285 cm³/mol. The smallest absolute Gasteiger partial charge is 0.331 e. The maximum atomic E-state index is 14.0. The Bertz CT molecular complexity index is 2830. The number of aliphatic carboxylic acids is 2. The van der Waals surface area contributed by atoms with Gasteiger partial charge in [0.25, 0.3) is 11.8 Å². The predicted octanol–water partition coefficient (Wildman–Crippen LogP) is 6.99. The van der Waals surface area contributed by atoms with Gasteiger partial charge in [0.1, 0.15) is 23.7 Å². The van der Waals surface area contributed by atoms with Crippen molar-refractivity contribution in [2.75, 3.05) is 36.9 Å². The molecule has 5 N–H and O–H groups in total. The SMILES string of the molecule is CC(=O)N[C@@H](CSSCC[C@@H](CCCCC(=O)OCOC(=O)[C@H](Cc1cccc(S(C)(=O)=O)c1)NC(=O)c1c(Cl)cc2c(c1Cl)CCN(C(=O)c1ccc3ccoc3c1)C2)SSC[C@H](NC(C)=O)C(=O)O)C(=O)O. The van der Waals surface area contributed by atoms with Crippen LogP contribution in [0.3, 0.4) is 0 Å². The molecule has 19 nitrogen and oxygen atoms in total. The van der Waals surface area contributed by atoms with Crippen LogP contribution in [-0.4, -0.2) is 131 Å². The highest BCUT2D eigenvalue weighted by molar-refractivity contribution is 8.77. The monoisotopic (exact) mass is 1160 g/mol. The van der Waals surface area contributed by atoms with E-state index in [1.54, 1.807) is 35.2 Å². The minimum Gasteiger partial charge on any atom is -0.480 e. The molecule has 0 fully saturated rings. The lowest BCUT2D eigenvalue weighted by Crippen LogP contribution is -2.44. The van der Waals surface area contributed by atoms with E-state index >= 15 is 0 Å². The molecule has 3 aromatic carbocycles. The van der Waals surface area contributed by atoms with Crippen LogP contribution in [-0.2, 0) is 67.5 Å². The van der Waals surface area contributed by atoms with Crippen LogP contribution in [0.1, 0.15) is 83.4 Å². The zero-order chi connectivity index (χ0) is 54.1. The van der Waals surface area contributed by atoms with Crippen LogP contribution in [0.25, 0.3) is 11.0 Å². The molecular weight excluding hydrogens is 1100 g/mol. The molecule has 0 spiro atoms. The van der Waals surface area contributed by atoms with Crippen molar-refractivity contribution in [1.82, 2.24) is 20.9 Å². The minimum atomic E-state index is -3.65. The van der Waals surface area contributed by atoms with Gasteiger partial charge in [0.2, 0.25) is 18.6 Å². The van der Waals surface area contributed by atoms with Gasteiger partial charge in [0, 0.05) is 79.5 Å². The first kappa shape index (κ1) is 59.8. The fraction of sp³-hybridized carbons (Fsp3) is 0.417. The van der Waals surface area contributed by atoms with Crippen LogP contribution in [0.5, 0.6) is 0 Å². The first-order valence-corrected chi connectivity index (χ1v) is 30.3. The molecule has 1 aromatic heterocycles. The first-order valence-electron chi connectivity index (χ1n) is 22.8. The first-order chi connectivity index (χ1) is 35.1. The largest absolute Gasteiger partial charge is 0.480 e. The number of benzene rings is 3. The summed E-state index contributed by atoms with van der Waals surface area (Å²) in [6.45, 7) is 2.06. The summed E-state index contributed by atoms with van der Waals surface area (Å²) >= 11 is 13.6. The fourth-order valence-electron chi connectivity index (χ4n) is 7.47. The van der Waals surface area contributed by atoms with Gasteiger partial charge in [-0.15, -0.1) is 0 Å². The molecule has 26 heteroatoms. The van der Waals surface area contributed by atoms with Crippen LogP contribution < -0.4 is 16.0 Å². The summed E-state index contributed by atoms with van der Waals surface area (Å²) in [5, 5.41) is 27.1. The number of nitrogens with one attached hydrogen (secondary N) is 3. The Labute approximate surface area is 452 Å². The normalized spacial score (nSPS) is 13.9. The van der Waals surface area contributed by atoms with E-state index in [0.29, 0.717) is 59.3 Å². The van der Waals surface area contributed by atoms with E-state index in [1.807, 2.05) is 0 Å². The number of carbonyl (C=O) groups excluding carboxylic acids is 6. The molecule has 4 atom stereocenters. The number of hydrogen-bond acceptors (Lipinski definition) is 17. The Balaban J connectivity index is 1.17. The number of nitrogens with zero attached hydrogens (tertiary/aromatic N) is 1. The van der Waals surface area contributed by atoms with Crippen LogP contribution in [0.2, 0.25) is 10.0 Å². The van der Waals surface area contributed by atoms with Crippen molar-refractivity contribution in [1.29, 1.82) is 0 Å². The van der Waals surface area contributed by atoms with Crippen molar-refractivity contribution in [2.45, 2.75) is 93.6 Å². The highest BCUT2D eigenvalue weighted by atomic mass is 35.5. The molecule has 0 saturated carbocycles. The zero-order valence-corrected chi connectivity index (χ0v) is 45.8. The third-order valence-corrected chi connectivity index (χ3v) is 18.4. The van der Waals surface area contributed by atoms with E-state index < -0.39 is 76.4 Å². The molecule has 5 rings (SSSR count). The van der Waals surface area contributed by atoms with Gasteiger partial charge in [0.15, 0.2) is 9.84 Å². The lowest BCUT2D eigenvalue weighted by molar-refractivity contribution is -0.168. The molecule has 0 saturated heterocycles. The Hall–Kier alpha value is -5.11. The molecule has 74 heavy (non-hydrogen) atoms. The lowest BCUT2D eigenvalue weighted by atomic mass is 9.95. The number of halogens is 2. The van der Waals surface area contributed by atoms with Crippen molar-refractivity contribution in [3.63, 3.8) is 0 Å². The summed E-state index contributed by atoms with van der Waals surface area (Å²) in [4.78, 5) is 102. The number of hydrogen-bond donors (Lipinski definition) is 5. The summed E-state index contributed by atoms with van der Waals surface area (Å²) in [6.07, 6.45) is 4.66. The zero-order valence-electron chi connectivity index (χ0n) is 40.2. The third-order valence-electron chi connectivity index (χ3n) is 11.2. The fourth-order valence-corrected chi connectivity index (χ4v) is 14.3. The molecule has 1 aliphatic heterocycles. The summed E-state index contributed by atoms with van der Waals surface area (Å²) in [6, 6.07) is 10.7. The van der Waals surface area contributed by atoms with E-state index in [9.17, 15) is 57.0 Å². The standard InChI is InChI=1S/C48H54Cl2N4O15S5/c1-27(55)51-38(46(60)61)24-71-70-18-15-33(73-72-25-39(47(62)63)52-28(2)56)8-4-5-10-41(57)68-26-69-48(64)37(20-29-7-6-9-34(19-29)74(3,65)66)53-44(58)42-36(49)21-32-23-54(16-13-35(32)43(42)50)45(59)31-12-11-30-14-17-67-40(30)22-31/h6-7,9,11-12,14,17,19,21-22,33,37-39H,4-5,8,10,13,15-16,18,20,23-26H2,1-3H3,(H,51,55)(H,52,56)(H,53,58)(H,60,61)(H,62,63)/t33-,37+,38+,39+/m1/s1. The Kier molecular flexibility index (Phi) is 23.2. The number of furan rings is 1. The van der Waals surface area contributed by atoms with E-state index in [4.69, 9.17) is 37.1 Å². The number of carbonyl (C=O) groups is 8. The van der Waals surface area contributed by atoms with Crippen molar-refractivity contribution in [3.05, 3.63) is 98.7 Å². The maximum Gasteiger partial charge on any atom is 0.331 e. The maximum absolute atomic E-state index is 14.0. The van der Waals surface area contributed by atoms with Gasteiger partial charge in [-0.2, -0.15) is 0 Å². The molecule has 4 aromatic rings. The van der Waals surface area contributed by atoms with Crippen LogP contribution in [0, 0.1) is 0 Å². The molecule has 0 unspecified atom stereocenters. The summed E-state index contributed by atoms with van der Waals surface area (Å²) < 4.78 is 40.8. The third kappa shape index (κ3) is 18.3. The number of rotatable bonds is 28. The average Bonchev–Trinajstić information content (AvgIpc) is 3.81. The highest BCUT2D eigenvalue weighted by Gasteiger charge is 2.31. The van der Waals surface area contributed by atoms with Gasteiger partial charge in [-0.25, -0.2) is 22.8 Å². The summed E-state index contributed by atoms with van der Waals surface area (Å²) in [5.41, 5.74) is 2.41. The second-order valence-electron chi connectivity index (χ2n) is 16.9. The van der Waals surface area contributed by atoms with Crippen molar-refractivity contribution < 1.29 is 70.9 Å². The van der Waals surface area contributed by atoms with Crippen LogP contribution in [0.15, 0.2) is 70.2 Å². The van der Waals surface area contributed by atoms with Gasteiger partial charge < -0.3 is 45.0 Å². The van der Waals surface area contributed by atoms with Crippen LogP contribution >= 0.6 is 66.4 Å². The number of ether oxygens (including phenoxy) is 2. The van der Waals surface area contributed by atoms with Gasteiger partial charge in [0.05, 0.1) is 26.8 Å². The second kappa shape index (κ2) is 28.7. The molecule has 2 heterocycles. The topological polar surface area (TPSA) is 282 Å². The number of carboxylic acids is 2. The van der Waals surface area contributed by atoms with Crippen molar-refractivity contribution >= 4 is 135 Å². The van der Waals surface area contributed by atoms with Gasteiger partial charge in [-0.3, -0.25) is 24.0 Å². The van der Waals surface area contributed by atoms with E-state index in [2.05, 4.69) is 16.0 Å². The molecule has 0 aliphatic carbocycles. The molecular formula is C48H54Cl2N4O15S5. The Morgan fingerprint density at radius 2 is 1.53 bits per heavy atom. The Morgan fingerprint density at radius 3 is 2.20 bits per heavy atom. The number of esters is 2. The summed E-state index contributed by atoms with van der Waals surface area (Å²) in [7, 11) is 1.74. The average molecular weight is 1160 g/mol. The number of carboxylic acid groups (broad SMARTS) is 2. The number of sulfone groups is 1. The molecule has 4 amide bonds. The highest BCUT2D eigenvalue weighted by Crippen LogP contribution is 2.37. The summed E-state index contributed by atoms with van der Waals surface area (Å²) in [5.74, 6) is -5.28. The quantitative estimate of drug-likeness (QED) is 0.0166. The van der Waals surface area contributed by atoms with E-state index in [-0.39, 0.29) is 75.5 Å². The molecule has 1 aliphatic rings. The minimum absolute atomic E-state index is 0.0236. The number of unbranched alkanes of at least 4 members (excludes halogenated alkanes) is 1. The molecule has 0 radical (unpaired) electrons. The Morgan fingerprint density at radius 1 is 0.824 bits per heavy atom. The van der Waals surface area contributed by atoms with Gasteiger partial charge in [-0.05, 0) is 78.8 Å². The van der Waals surface area contributed by atoms with E-state index in [1.165, 1.54) is 87.6 Å². The molecule has 400 valence electrons.